The molecule has 3 aliphatic carbocycles. The maximum atomic E-state index is 5.32. The molecule has 3 aliphatic rings. The second-order valence-electron chi connectivity index (χ2n) is 10.7. The molecule has 188 valence electrons. The van der Waals surface area contributed by atoms with Gasteiger partial charge in [-0.3, -0.25) is 4.99 Å². The van der Waals surface area contributed by atoms with E-state index in [1.165, 1.54) is 38.8 Å². The number of aliphatic imine (C=N–C) groups is 1. The highest BCUT2D eigenvalue weighted by atomic mass is 14.7. The van der Waals surface area contributed by atoms with Gasteiger partial charge in [0.05, 0.1) is 16.9 Å². The molecule has 0 aliphatic heterocycles. The zero-order chi connectivity index (χ0) is 26.4. The second-order valence-corrected chi connectivity index (χ2v) is 10.7. The fourth-order valence-electron chi connectivity index (χ4n) is 6.49. The molecule has 4 aromatic rings. The van der Waals surface area contributed by atoms with Crippen molar-refractivity contribution in [1.82, 2.24) is 4.98 Å². The van der Waals surface area contributed by atoms with Crippen LogP contribution < -0.4 is 0 Å². The van der Waals surface area contributed by atoms with E-state index in [-0.39, 0.29) is 11.3 Å². The number of nitrogens with zero attached hydrogens (tertiary/aromatic N) is 2. The van der Waals surface area contributed by atoms with E-state index in [0.29, 0.717) is 0 Å². The predicted octanol–water partition coefficient (Wildman–Crippen LogP) is 8.72. The molecule has 2 heteroatoms. The van der Waals surface area contributed by atoms with Crippen molar-refractivity contribution in [3.05, 3.63) is 150 Å². The van der Waals surface area contributed by atoms with Gasteiger partial charge in [-0.25, -0.2) is 4.98 Å². The molecule has 0 saturated heterocycles. The number of allylic oxidation sites excluding steroid dienone is 10. The number of fused-ring (bicyclic) bond motifs is 8. The molecular formula is C37H30N2. The normalized spacial score (nSPS) is 22.8. The van der Waals surface area contributed by atoms with Crippen molar-refractivity contribution in [3.8, 4) is 22.4 Å². The summed E-state index contributed by atoms with van der Waals surface area (Å²) < 4.78 is 0. The minimum Gasteiger partial charge on any atom is -0.288 e. The van der Waals surface area contributed by atoms with E-state index in [2.05, 4.69) is 133 Å². The molecule has 0 fully saturated rings. The van der Waals surface area contributed by atoms with Crippen LogP contribution in [0.2, 0.25) is 0 Å². The number of hydrogen-bond acceptors (Lipinski definition) is 2. The van der Waals surface area contributed by atoms with E-state index in [4.69, 9.17) is 4.98 Å². The Kier molecular flexibility index (Phi) is 5.63. The van der Waals surface area contributed by atoms with Gasteiger partial charge >= 0.3 is 0 Å². The fraction of sp³-hybridized carbons (Fsp3) is 0.135. The number of hydrogen-bond donors (Lipinski definition) is 0. The maximum absolute atomic E-state index is 5.32. The van der Waals surface area contributed by atoms with Crippen LogP contribution in [-0.2, 0) is 11.8 Å². The van der Waals surface area contributed by atoms with Crippen LogP contribution in [0.15, 0.2) is 138 Å². The number of aromatic nitrogens is 1. The highest BCUT2D eigenvalue weighted by molar-refractivity contribution is 6.11. The third-order valence-corrected chi connectivity index (χ3v) is 8.48. The largest absolute Gasteiger partial charge is 0.288 e. The summed E-state index contributed by atoms with van der Waals surface area (Å²) in [6.07, 6.45) is 20.5. The van der Waals surface area contributed by atoms with Crippen LogP contribution in [0.4, 0.5) is 0 Å². The Balaban J connectivity index is 1.38. The van der Waals surface area contributed by atoms with Gasteiger partial charge in [-0.05, 0) is 52.0 Å². The third-order valence-electron chi connectivity index (χ3n) is 8.48. The molecule has 1 heterocycles. The van der Waals surface area contributed by atoms with Crippen molar-refractivity contribution in [2.24, 2.45) is 4.99 Å². The van der Waals surface area contributed by atoms with E-state index < -0.39 is 0 Å². The first kappa shape index (κ1) is 23.5. The SMILES string of the molecule is CN=C1C=CC=C/C1=C/Cc1ccc(-c2nc3ccccc3c3c2C2C=CC=CC2(C)c2ccccc2-3)cc1. The van der Waals surface area contributed by atoms with Crippen molar-refractivity contribution < 1.29 is 0 Å². The van der Waals surface area contributed by atoms with Gasteiger partial charge in [0.15, 0.2) is 0 Å². The Labute approximate surface area is 230 Å². The first-order valence-electron chi connectivity index (χ1n) is 13.7. The molecule has 0 bridgehead atoms. The summed E-state index contributed by atoms with van der Waals surface area (Å²) in [5, 5.41) is 1.22. The lowest BCUT2D eigenvalue weighted by molar-refractivity contribution is 0.519. The van der Waals surface area contributed by atoms with Crippen LogP contribution in [0.1, 0.15) is 29.5 Å². The monoisotopic (exact) mass is 502 g/mol. The Bertz CT molecular complexity index is 1790. The summed E-state index contributed by atoms with van der Waals surface area (Å²) in [4.78, 5) is 9.73. The van der Waals surface area contributed by atoms with Crippen molar-refractivity contribution in [3.63, 3.8) is 0 Å². The molecule has 3 aromatic carbocycles. The quantitative estimate of drug-likeness (QED) is 0.275. The van der Waals surface area contributed by atoms with Crippen LogP contribution in [-0.4, -0.2) is 17.7 Å². The second kappa shape index (κ2) is 9.32. The molecule has 1 aromatic heterocycles. The first-order chi connectivity index (χ1) is 19.2. The van der Waals surface area contributed by atoms with Gasteiger partial charge in [-0.15, -0.1) is 0 Å². The van der Waals surface area contributed by atoms with E-state index in [9.17, 15) is 0 Å². The maximum Gasteiger partial charge on any atom is 0.0754 e. The van der Waals surface area contributed by atoms with Crippen LogP contribution in [0.5, 0.6) is 0 Å². The number of benzene rings is 3. The minimum atomic E-state index is -0.121. The zero-order valence-electron chi connectivity index (χ0n) is 22.3. The molecule has 2 nitrogen and oxygen atoms in total. The highest BCUT2D eigenvalue weighted by Gasteiger charge is 2.43. The van der Waals surface area contributed by atoms with Gasteiger partial charge < -0.3 is 0 Å². The van der Waals surface area contributed by atoms with E-state index in [0.717, 1.165) is 28.9 Å². The molecule has 0 amide bonds. The number of para-hydroxylation sites is 1. The van der Waals surface area contributed by atoms with E-state index in [1.54, 1.807) is 0 Å². The van der Waals surface area contributed by atoms with E-state index in [1.807, 2.05) is 13.1 Å². The average Bonchev–Trinajstić information content (AvgIpc) is 3.00. The molecule has 39 heavy (non-hydrogen) atoms. The van der Waals surface area contributed by atoms with E-state index >= 15 is 0 Å². The van der Waals surface area contributed by atoms with Gasteiger partial charge in [-0.2, -0.15) is 0 Å². The lowest BCUT2D eigenvalue weighted by Crippen LogP contribution is -2.33. The van der Waals surface area contributed by atoms with Crippen LogP contribution in [0, 0.1) is 0 Å². The Morgan fingerprint density at radius 2 is 1.67 bits per heavy atom. The standard InChI is InChI=1S/C37H30N2/c1-37-24-10-9-15-31(37)35-34(28-12-4-6-14-30(28)37)29-13-5-8-17-33(29)39-36(35)27-22-19-25(20-23-27)18-21-26-11-3-7-16-32(26)38-2/h3-17,19-24,31H,18H2,1-2H3/b26-21-,38-32?. The third kappa shape index (κ3) is 3.79. The Hall–Kier alpha value is -4.56. The van der Waals surface area contributed by atoms with Crippen LogP contribution in [0.25, 0.3) is 33.3 Å². The average molecular weight is 503 g/mol. The summed E-state index contributed by atoms with van der Waals surface area (Å²) in [6, 6.07) is 26.5. The van der Waals surface area contributed by atoms with Crippen molar-refractivity contribution in [1.29, 1.82) is 0 Å². The predicted molar refractivity (Wildman–Crippen MR) is 164 cm³/mol. The Morgan fingerprint density at radius 1 is 0.872 bits per heavy atom. The van der Waals surface area contributed by atoms with Gasteiger partial charge in [0.2, 0.25) is 0 Å². The summed E-state index contributed by atoms with van der Waals surface area (Å²) in [5.74, 6) is 0.210. The zero-order valence-corrected chi connectivity index (χ0v) is 22.3. The smallest absolute Gasteiger partial charge is 0.0754 e. The van der Waals surface area contributed by atoms with Crippen molar-refractivity contribution in [2.75, 3.05) is 7.05 Å². The van der Waals surface area contributed by atoms with Crippen molar-refractivity contribution >= 4 is 16.6 Å². The summed E-state index contributed by atoms with van der Waals surface area (Å²) in [6.45, 7) is 2.37. The molecule has 0 N–H and O–H groups in total. The summed E-state index contributed by atoms with van der Waals surface area (Å²) in [7, 11) is 1.85. The topological polar surface area (TPSA) is 25.2 Å². The molecular weight excluding hydrogens is 472 g/mol. The molecule has 0 saturated carbocycles. The molecule has 2 unspecified atom stereocenters. The fourth-order valence-corrected chi connectivity index (χ4v) is 6.49. The lowest BCUT2D eigenvalue weighted by atomic mass is 9.60. The van der Waals surface area contributed by atoms with Crippen molar-refractivity contribution in [2.45, 2.75) is 24.7 Å². The van der Waals surface area contributed by atoms with Gasteiger partial charge in [0.25, 0.3) is 0 Å². The molecule has 0 spiro atoms. The number of rotatable bonds is 3. The Morgan fingerprint density at radius 3 is 2.54 bits per heavy atom. The lowest BCUT2D eigenvalue weighted by Gasteiger charge is -2.43. The molecule has 0 radical (unpaired) electrons. The highest BCUT2D eigenvalue weighted by Crippen LogP contribution is 2.56. The molecule has 2 atom stereocenters. The number of pyridine rings is 1. The first-order valence-corrected chi connectivity index (χ1v) is 13.7. The van der Waals surface area contributed by atoms with Gasteiger partial charge in [-0.1, -0.05) is 122 Å². The van der Waals surface area contributed by atoms with Crippen LogP contribution >= 0.6 is 0 Å². The van der Waals surface area contributed by atoms with Gasteiger partial charge in [0, 0.05) is 29.3 Å². The minimum absolute atomic E-state index is 0.121. The summed E-state index contributed by atoms with van der Waals surface area (Å²) in [5.41, 5.74) is 12.0. The summed E-state index contributed by atoms with van der Waals surface area (Å²) >= 11 is 0. The van der Waals surface area contributed by atoms with Crippen LogP contribution in [0.3, 0.4) is 0 Å². The molecule has 7 rings (SSSR count). The van der Waals surface area contributed by atoms with Gasteiger partial charge in [0.1, 0.15) is 0 Å².